The molecule has 2 aromatic heterocycles. The first-order chi connectivity index (χ1) is 16.8. The molecule has 0 spiro atoms. The summed E-state index contributed by atoms with van der Waals surface area (Å²) in [5.41, 5.74) is 3.43. The zero-order valence-electron chi connectivity index (χ0n) is 20.6. The topological polar surface area (TPSA) is 83.2 Å². The lowest BCUT2D eigenvalue weighted by Gasteiger charge is -2.19. The lowest BCUT2D eigenvalue weighted by Crippen LogP contribution is -2.14. The van der Waals surface area contributed by atoms with E-state index in [0.717, 1.165) is 17.9 Å². The highest BCUT2D eigenvalue weighted by molar-refractivity contribution is 6.02. The molecular formula is C27H31N5O3. The van der Waals surface area contributed by atoms with Crippen molar-refractivity contribution in [2.75, 3.05) is 5.32 Å². The number of hydrogen-bond donors (Lipinski definition) is 1. The molecule has 1 N–H and O–H groups in total. The molecule has 0 unspecified atom stereocenters. The quantitative estimate of drug-likeness (QED) is 0.358. The van der Waals surface area contributed by atoms with Crippen molar-refractivity contribution in [3.8, 4) is 11.5 Å². The van der Waals surface area contributed by atoms with Gasteiger partial charge in [0.15, 0.2) is 19.2 Å². The minimum atomic E-state index is -0.325. The van der Waals surface area contributed by atoms with E-state index in [4.69, 9.17) is 9.47 Å². The molecule has 8 heteroatoms. The Morgan fingerprint density at radius 1 is 0.914 bits per heavy atom. The molecule has 8 nitrogen and oxygen atoms in total. The van der Waals surface area contributed by atoms with Crippen LogP contribution in [0, 0.1) is 0 Å². The number of rotatable bonds is 9. The Hall–Kier alpha value is -4.07. The molecule has 35 heavy (non-hydrogen) atoms. The lowest BCUT2D eigenvalue weighted by molar-refractivity contribution is 0.102. The van der Waals surface area contributed by atoms with Crippen molar-refractivity contribution in [3.05, 3.63) is 90.0 Å². The molecule has 2 heterocycles. The van der Waals surface area contributed by atoms with Gasteiger partial charge in [-0.25, -0.2) is 9.36 Å². The van der Waals surface area contributed by atoms with Gasteiger partial charge in [-0.3, -0.25) is 4.79 Å². The van der Waals surface area contributed by atoms with Gasteiger partial charge < -0.3 is 14.8 Å². The first-order valence-corrected chi connectivity index (χ1v) is 11.6. The number of nitrogens with zero attached hydrogens (tertiary/aromatic N) is 4. The molecule has 1 amide bonds. The van der Waals surface area contributed by atoms with Gasteiger partial charge >= 0.3 is 0 Å². The van der Waals surface area contributed by atoms with E-state index < -0.39 is 0 Å². The maximum absolute atomic E-state index is 12.6. The van der Waals surface area contributed by atoms with Gasteiger partial charge in [0.05, 0.1) is 18.1 Å². The fourth-order valence-electron chi connectivity index (χ4n) is 3.40. The fourth-order valence-corrected chi connectivity index (χ4v) is 3.40. The monoisotopic (exact) mass is 473 g/mol. The molecule has 0 fully saturated rings. The number of anilines is 1. The molecule has 4 rings (SSSR count). The third-order valence-corrected chi connectivity index (χ3v) is 5.54. The Balaban J connectivity index is 1.26. The second-order valence-electron chi connectivity index (χ2n) is 9.28. The number of amides is 1. The van der Waals surface area contributed by atoms with Crippen LogP contribution in [0.5, 0.6) is 11.5 Å². The normalized spacial score (nSPS) is 11.3. The first kappa shape index (κ1) is 24.1. The van der Waals surface area contributed by atoms with Gasteiger partial charge in [0.1, 0.15) is 11.5 Å². The highest BCUT2D eigenvalue weighted by Gasteiger charge is 2.14. The molecule has 4 aromatic rings. The summed E-state index contributed by atoms with van der Waals surface area (Å²) in [4.78, 5) is 12.6. The maximum atomic E-state index is 12.6. The van der Waals surface area contributed by atoms with Crippen molar-refractivity contribution in [3.63, 3.8) is 0 Å². The summed E-state index contributed by atoms with van der Waals surface area (Å²) >= 11 is 0. The Morgan fingerprint density at radius 2 is 1.54 bits per heavy atom. The van der Waals surface area contributed by atoms with Crippen molar-refractivity contribution in [2.45, 2.75) is 53.0 Å². The summed E-state index contributed by atoms with van der Waals surface area (Å²) in [7, 11) is 0. The van der Waals surface area contributed by atoms with Crippen molar-refractivity contribution >= 4 is 11.6 Å². The van der Waals surface area contributed by atoms with Crippen molar-refractivity contribution in [2.24, 2.45) is 0 Å². The Kier molecular flexibility index (Phi) is 7.19. The molecule has 0 aliphatic rings. The summed E-state index contributed by atoms with van der Waals surface area (Å²) < 4.78 is 14.7. The largest absolute Gasteiger partial charge is 0.471 e. The molecule has 0 saturated heterocycles. The Bertz CT molecular complexity index is 1250. The number of aryl methyl sites for hydroxylation is 1. The summed E-state index contributed by atoms with van der Waals surface area (Å²) in [6.07, 6.45) is 5.97. The smallest absolute Gasteiger partial charge is 0.276 e. The molecule has 0 atom stereocenters. The van der Waals surface area contributed by atoms with Crippen LogP contribution in [0.2, 0.25) is 0 Å². The molecule has 2 aromatic carbocycles. The van der Waals surface area contributed by atoms with E-state index in [0.29, 0.717) is 5.69 Å². The SMILES string of the molecule is CCc1ccc(OCn2cc(NC(=O)c3ccn(COc4ccc(C(C)(C)C)cc4)n3)cn2)cc1. The third kappa shape index (κ3) is 6.50. The number of hydrogen-bond acceptors (Lipinski definition) is 5. The van der Waals surface area contributed by atoms with Gasteiger partial charge in [0, 0.05) is 6.20 Å². The van der Waals surface area contributed by atoms with E-state index in [1.54, 1.807) is 34.0 Å². The van der Waals surface area contributed by atoms with Crippen molar-refractivity contribution in [1.29, 1.82) is 0 Å². The van der Waals surface area contributed by atoms with E-state index in [1.807, 2.05) is 36.4 Å². The number of nitrogens with one attached hydrogen (secondary N) is 1. The van der Waals surface area contributed by atoms with Crippen LogP contribution in [0.25, 0.3) is 0 Å². The number of benzene rings is 2. The highest BCUT2D eigenvalue weighted by Crippen LogP contribution is 2.24. The van der Waals surface area contributed by atoms with Crippen LogP contribution in [0.15, 0.2) is 73.2 Å². The molecular weight excluding hydrogens is 442 g/mol. The number of carbonyl (C=O) groups is 1. The van der Waals surface area contributed by atoms with Crippen LogP contribution in [0.1, 0.15) is 49.3 Å². The summed E-state index contributed by atoms with van der Waals surface area (Å²) in [6.45, 7) is 9.07. The average Bonchev–Trinajstić information content (AvgIpc) is 3.51. The number of carbonyl (C=O) groups excluding carboxylic acids is 1. The van der Waals surface area contributed by atoms with Crippen LogP contribution in [0.3, 0.4) is 0 Å². The van der Waals surface area contributed by atoms with E-state index in [-0.39, 0.29) is 30.5 Å². The van der Waals surface area contributed by atoms with Crippen LogP contribution in [-0.4, -0.2) is 25.5 Å². The van der Waals surface area contributed by atoms with Gasteiger partial charge in [0.25, 0.3) is 5.91 Å². The molecule has 0 bridgehead atoms. The molecule has 182 valence electrons. The number of ether oxygens (including phenoxy) is 2. The second kappa shape index (κ2) is 10.5. The van der Waals surface area contributed by atoms with E-state index in [9.17, 15) is 4.79 Å². The number of aromatic nitrogens is 4. The van der Waals surface area contributed by atoms with Gasteiger partial charge in [0.2, 0.25) is 0 Å². The van der Waals surface area contributed by atoms with Gasteiger partial charge in [-0.15, -0.1) is 0 Å². The fraction of sp³-hybridized carbons (Fsp3) is 0.296. The van der Waals surface area contributed by atoms with E-state index in [2.05, 4.69) is 55.3 Å². The van der Waals surface area contributed by atoms with E-state index in [1.165, 1.54) is 11.1 Å². The van der Waals surface area contributed by atoms with Crippen LogP contribution < -0.4 is 14.8 Å². The van der Waals surface area contributed by atoms with Crippen LogP contribution >= 0.6 is 0 Å². The Morgan fingerprint density at radius 3 is 2.17 bits per heavy atom. The molecule has 0 aliphatic heterocycles. The molecule has 0 radical (unpaired) electrons. The molecule has 0 aliphatic carbocycles. The predicted molar refractivity (Wildman–Crippen MR) is 135 cm³/mol. The van der Waals surface area contributed by atoms with Crippen LogP contribution in [-0.2, 0) is 25.3 Å². The summed E-state index contributed by atoms with van der Waals surface area (Å²) in [6, 6.07) is 17.6. The van der Waals surface area contributed by atoms with Crippen molar-refractivity contribution in [1.82, 2.24) is 19.6 Å². The Labute approximate surface area is 205 Å². The zero-order chi connectivity index (χ0) is 24.8. The van der Waals surface area contributed by atoms with E-state index >= 15 is 0 Å². The summed E-state index contributed by atoms with van der Waals surface area (Å²) in [5, 5.41) is 11.3. The molecule has 0 saturated carbocycles. The van der Waals surface area contributed by atoms with Gasteiger partial charge in [-0.2, -0.15) is 10.2 Å². The van der Waals surface area contributed by atoms with Gasteiger partial charge in [-0.1, -0.05) is 52.0 Å². The van der Waals surface area contributed by atoms with Crippen molar-refractivity contribution < 1.29 is 14.3 Å². The van der Waals surface area contributed by atoms with Gasteiger partial charge in [-0.05, 0) is 53.3 Å². The summed E-state index contributed by atoms with van der Waals surface area (Å²) in [5.74, 6) is 1.19. The standard InChI is InChI=1S/C27H31N5O3/c1-5-20-6-10-23(11-7-20)35-19-32-17-22(16-28-32)29-26(33)25-14-15-31(30-25)18-34-24-12-8-21(9-13-24)27(2,3)4/h6-17H,5,18-19H2,1-4H3,(H,29,33). The lowest BCUT2D eigenvalue weighted by atomic mass is 9.87. The first-order valence-electron chi connectivity index (χ1n) is 11.6. The minimum Gasteiger partial charge on any atom is -0.471 e. The predicted octanol–water partition coefficient (Wildman–Crippen LogP) is 5.26. The van der Waals surface area contributed by atoms with Crippen LogP contribution in [0.4, 0.5) is 5.69 Å². The third-order valence-electron chi connectivity index (χ3n) is 5.54. The average molecular weight is 474 g/mol. The minimum absolute atomic E-state index is 0.0903. The second-order valence-corrected chi connectivity index (χ2v) is 9.28. The zero-order valence-corrected chi connectivity index (χ0v) is 20.6. The highest BCUT2D eigenvalue weighted by atomic mass is 16.5. The maximum Gasteiger partial charge on any atom is 0.276 e.